The van der Waals surface area contributed by atoms with E-state index in [0.717, 1.165) is 0 Å². The third-order valence-electron chi connectivity index (χ3n) is 13.2. The molecule has 10 aromatic carbocycles. The molecular formula is C56H32N2. The fourth-order valence-corrected chi connectivity index (χ4v) is 10.8. The van der Waals surface area contributed by atoms with Crippen LogP contribution in [0.5, 0.6) is 0 Å². The average Bonchev–Trinajstić information content (AvgIpc) is 4.01. The molecule has 266 valence electrons. The number of para-hydroxylation sites is 2. The van der Waals surface area contributed by atoms with Crippen molar-refractivity contribution in [3.63, 3.8) is 0 Å². The third kappa shape index (κ3) is 3.82. The Kier molecular flexibility index (Phi) is 5.79. The maximum Gasteiger partial charge on any atom is 0.0547 e. The van der Waals surface area contributed by atoms with Crippen molar-refractivity contribution in [2.24, 2.45) is 0 Å². The molecule has 0 amide bonds. The lowest BCUT2D eigenvalue weighted by Gasteiger charge is -2.14. The first-order chi connectivity index (χ1) is 28.8. The lowest BCUT2D eigenvalue weighted by molar-refractivity contribution is 1.20. The highest BCUT2D eigenvalue weighted by atomic mass is 15.0. The summed E-state index contributed by atoms with van der Waals surface area (Å²) in [6, 6.07) is 72.5. The molecule has 2 heteroatoms. The van der Waals surface area contributed by atoms with E-state index in [9.17, 15) is 0 Å². The fourth-order valence-electron chi connectivity index (χ4n) is 10.8. The predicted molar refractivity (Wildman–Crippen MR) is 244 cm³/mol. The van der Waals surface area contributed by atoms with Crippen molar-refractivity contribution in [1.82, 2.24) is 9.13 Å². The highest BCUT2D eigenvalue weighted by Crippen LogP contribution is 2.51. The van der Waals surface area contributed by atoms with Crippen molar-refractivity contribution >= 4 is 65.2 Å². The van der Waals surface area contributed by atoms with E-state index in [1.807, 2.05) is 0 Å². The van der Waals surface area contributed by atoms with Gasteiger partial charge < -0.3 is 9.13 Å². The lowest BCUT2D eigenvalue weighted by atomic mass is 10.00. The van der Waals surface area contributed by atoms with Crippen LogP contribution in [0.1, 0.15) is 0 Å². The van der Waals surface area contributed by atoms with Gasteiger partial charge >= 0.3 is 0 Å². The Balaban J connectivity index is 0.980. The highest BCUT2D eigenvalue weighted by molar-refractivity contribution is 6.21. The number of benzene rings is 10. The molecule has 2 aliphatic rings. The predicted octanol–water partition coefficient (Wildman–Crippen LogP) is 15.1. The van der Waals surface area contributed by atoms with E-state index in [-0.39, 0.29) is 0 Å². The van der Waals surface area contributed by atoms with Crippen molar-refractivity contribution < 1.29 is 0 Å². The van der Waals surface area contributed by atoms with E-state index in [0.29, 0.717) is 0 Å². The monoisotopic (exact) mass is 732 g/mol. The zero-order valence-electron chi connectivity index (χ0n) is 31.4. The summed E-state index contributed by atoms with van der Waals surface area (Å²) in [7, 11) is 0. The van der Waals surface area contributed by atoms with Crippen LogP contribution in [0.15, 0.2) is 194 Å². The summed E-state index contributed by atoms with van der Waals surface area (Å²) >= 11 is 0. The first kappa shape index (κ1) is 30.5. The van der Waals surface area contributed by atoms with E-state index >= 15 is 0 Å². The molecule has 0 saturated carbocycles. The van der Waals surface area contributed by atoms with Gasteiger partial charge in [-0.15, -0.1) is 0 Å². The molecule has 14 rings (SSSR count). The first-order valence-electron chi connectivity index (χ1n) is 20.2. The van der Waals surface area contributed by atoms with E-state index in [1.54, 1.807) is 0 Å². The molecule has 0 atom stereocenters. The van der Waals surface area contributed by atoms with Gasteiger partial charge in [0.15, 0.2) is 0 Å². The average molecular weight is 733 g/mol. The minimum absolute atomic E-state index is 1.21. The van der Waals surface area contributed by atoms with Gasteiger partial charge in [0.2, 0.25) is 0 Å². The molecule has 2 aromatic heterocycles. The second kappa shape index (κ2) is 11.0. The molecule has 0 bridgehead atoms. The normalized spacial score (nSPS) is 12.5. The second-order valence-corrected chi connectivity index (χ2v) is 16.0. The van der Waals surface area contributed by atoms with E-state index in [2.05, 4.69) is 203 Å². The van der Waals surface area contributed by atoms with Gasteiger partial charge in [0.05, 0.1) is 33.4 Å². The maximum absolute atomic E-state index is 2.50. The molecule has 12 aromatic rings. The highest BCUT2D eigenvalue weighted by Gasteiger charge is 2.26. The van der Waals surface area contributed by atoms with Crippen LogP contribution in [0.4, 0.5) is 0 Å². The smallest absolute Gasteiger partial charge is 0.0547 e. The Morgan fingerprint density at radius 2 is 0.621 bits per heavy atom. The van der Waals surface area contributed by atoms with Crippen LogP contribution >= 0.6 is 0 Å². The summed E-state index contributed by atoms with van der Waals surface area (Å²) in [4.78, 5) is 0. The SMILES string of the molecule is c1ccc2c(c1)-c1cccc3c(-n4c5ccccc5c5cc(-c6ccc7c8ccccc8n(-c8ccc9c%10c(cccc8%10)-c8ccccc8-9)c7c6)ccc54)ccc-2c13. The lowest BCUT2D eigenvalue weighted by Crippen LogP contribution is -1.96. The molecule has 0 aliphatic heterocycles. The van der Waals surface area contributed by atoms with Gasteiger partial charge in [0.1, 0.15) is 0 Å². The Morgan fingerprint density at radius 3 is 1.21 bits per heavy atom. The number of hydrogen-bond acceptors (Lipinski definition) is 0. The van der Waals surface area contributed by atoms with E-state index in [4.69, 9.17) is 0 Å². The molecule has 0 unspecified atom stereocenters. The molecule has 0 radical (unpaired) electrons. The molecule has 0 saturated heterocycles. The number of hydrogen-bond donors (Lipinski definition) is 0. The van der Waals surface area contributed by atoms with Crippen LogP contribution in [0, 0.1) is 0 Å². The van der Waals surface area contributed by atoms with Gasteiger partial charge in [-0.05, 0) is 109 Å². The summed E-state index contributed by atoms with van der Waals surface area (Å²) < 4.78 is 4.98. The Labute approximate surface area is 334 Å². The molecule has 0 N–H and O–H groups in total. The Hall–Kier alpha value is -7.68. The topological polar surface area (TPSA) is 9.86 Å². The number of rotatable bonds is 3. The molecule has 2 aliphatic carbocycles. The van der Waals surface area contributed by atoms with Crippen LogP contribution in [0.2, 0.25) is 0 Å². The Morgan fingerprint density at radius 1 is 0.224 bits per heavy atom. The number of fused-ring (bicyclic) bond motifs is 12. The standard InChI is InChI=1S/C56H32N2/c1-3-13-37-35(11-1)42-17-9-19-46-51(29-26-44(37)55(42)46)57-50-22-8-6-16-40(50)48-31-33(24-28-53(48)57)34-23-25-41-39-15-5-7-21-49(39)58(54(41)32-34)52-30-27-45-38-14-4-2-12-36(38)43-18-10-20-47(52)56(43)45/h1-32H. The number of aromatic nitrogens is 2. The zero-order valence-corrected chi connectivity index (χ0v) is 31.4. The van der Waals surface area contributed by atoms with Crippen molar-refractivity contribution in [1.29, 1.82) is 0 Å². The van der Waals surface area contributed by atoms with Crippen LogP contribution in [0.3, 0.4) is 0 Å². The summed E-state index contributed by atoms with van der Waals surface area (Å²) in [5, 5.41) is 10.3. The largest absolute Gasteiger partial charge is 0.309 e. The fraction of sp³-hybridized carbons (Fsp3) is 0. The van der Waals surface area contributed by atoms with E-state index < -0.39 is 0 Å². The van der Waals surface area contributed by atoms with Crippen molar-refractivity contribution in [2.45, 2.75) is 0 Å². The van der Waals surface area contributed by atoms with Gasteiger partial charge in [0, 0.05) is 32.3 Å². The van der Waals surface area contributed by atoms with Crippen LogP contribution in [0.25, 0.3) is 132 Å². The van der Waals surface area contributed by atoms with Crippen LogP contribution in [-0.4, -0.2) is 9.13 Å². The molecule has 0 fully saturated rings. The van der Waals surface area contributed by atoms with Gasteiger partial charge in [0.25, 0.3) is 0 Å². The molecule has 0 spiro atoms. The minimum atomic E-state index is 1.21. The van der Waals surface area contributed by atoms with Crippen molar-refractivity contribution in [3.05, 3.63) is 194 Å². The summed E-state index contributed by atoms with van der Waals surface area (Å²) in [5.41, 5.74) is 20.3. The maximum atomic E-state index is 2.50. The summed E-state index contributed by atoms with van der Waals surface area (Å²) in [5.74, 6) is 0. The first-order valence-corrected chi connectivity index (χ1v) is 20.2. The van der Waals surface area contributed by atoms with E-state index in [1.165, 1.54) is 132 Å². The zero-order chi connectivity index (χ0) is 37.6. The quantitative estimate of drug-likeness (QED) is 0.171. The van der Waals surface area contributed by atoms with Crippen molar-refractivity contribution in [3.8, 4) is 67.0 Å². The molecule has 2 heterocycles. The van der Waals surface area contributed by atoms with Crippen LogP contribution < -0.4 is 0 Å². The Bertz CT molecular complexity index is 3740. The van der Waals surface area contributed by atoms with Gasteiger partial charge in [-0.1, -0.05) is 152 Å². The van der Waals surface area contributed by atoms with Gasteiger partial charge in [-0.25, -0.2) is 0 Å². The molecular weight excluding hydrogens is 701 g/mol. The number of nitrogens with zero attached hydrogens (tertiary/aromatic N) is 2. The second-order valence-electron chi connectivity index (χ2n) is 16.0. The minimum Gasteiger partial charge on any atom is -0.309 e. The third-order valence-corrected chi connectivity index (χ3v) is 13.2. The van der Waals surface area contributed by atoms with Gasteiger partial charge in [-0.3, -0.25) is 0 Å². The van der Waals surface area contributed by atoms with Crippen LogP contribution in [-0.2, 0) is 0 Å². The van der Waals surface area contributed by atoms with Gasteiger partial charge in [-0.2, -0.15) is 0 Å². The molecule has 2 nitrogen and oxygen atoms in total. The van der Waals surface area contributed by atoms with Crippen molar-refractivity contribution in [2.75, 3.05) is 0 Å². The summed E-state index contributed by atoms with van der Waals surface area (Å²) in [6.07, 6.45) is 0. The summed E-state index contributed by atoms with van der Waals surface area (Å²) in [6.45, 7) is 0. The molecule has 58 heavy (non-hydrogen) atoms.